The number of aromatic nitrogens is 2. The molecule has 3 aromatic rings. The Kier molecular flexibility index (Phi) is 4.55. The van der Waals surface area contributed by atoms with Crippen LogP contribution in [0.3, 0.4) is 0 Å². The summed E-state index contributed by atoms with van der Waals surface area (Å²) in [5, 5.41) is 0.754. The van der Waals surface area contributed by atoms with Crippen molar-refractivity contribution >= 4 is 33.3 Å². The predicted molar refractivity (Wildman–Crippen MR) is 88.6 cm³/mol. The van der Waals surface area contributed by atoms with Crippen molar-refractivity contribution in [3.05, 3.63) is 60.6 Å². The Balaban J connectivity index is 0.00000176. The van der Waals surface area contributed by atoms with E-state index >= 15 is 0 Å². The van der Waals surface area contributed by atoms with Crippen LogP contribution in [0.1, 0.15) is 18.7 Å². The first kappa shape index (κ1) is 16.5. The van der Waals surface area contributed by atoms with Crippen molar-refractivity contribution in [2.75, 3.05) is 0 Å². The summed E-state index contributed by atoms with van der Waals surface area (Å²) >= 11 is 0. The van der Waals surface area contributed by atoms with Crippen LogP contribution in [0.25, 0.3) is 10.9 Å². The van der Waals surface area contributed by atoms with Gasteiger partial charge in [-0.15, -0.1) is 12.4 Å². The van der Waals surface area contributed by atoms with Gasteiger partial charge in [-0.05, 0) is 31.2 Å². The summed E-state index contributed by atoms with van der Waals surface area (Å²) in [5.74, 6) is 0. The van der Waals surface area contributed by atoms with Gasteiger partial charge in [0.1, 0.15) is 0 Å². The molecule has 0 aliphatic rings. The largest absolute Gasteiger partial charge is 0.323 e. The van der Waals surface area contributed by atoms with Gasteiger partial charge >= 0.3 is 0 Å². The van der Waals surface area contributed by atoms with Crippen molar-refractivity contribution in [2.45, 2.75) is 17.9 Å². The minimum atomic E-state index is -3.69. The Labute approximate surface area is 135 Å². The third-order valence-electron chi connectivity index (χ3n) is 3.33. The number of hydrogen-bond acceptors (Lipinski definition) is 4. The van der Waals surface area contributed by atoms with E-state index in [0.29, 0.717) is 11.2 Å². The molecule has 1 aromatic carbocycles. The molecule has 2 aromatic heterocycles. The number of nitrogens with two attached hydrogens (primary N) is 1. The quantitative estimate of drug-likeness (QED) is 0.797. The first-order chi connectivity index (χ1) is 10.0. The van der Waals surface area contributed by atoms with Crippen LogP contribution in [0.4, 0.5) is 0 Å². The fourth-order valence-corrected chi connectivity index (χ4v) is 3.97. The number of hydrogen-bond donors (Lipinski definition) is 1. The first-order valence-corrected chi connectivity index (χ1v) is 7.97. The Bertz CT molecular complexity index is 890. The summed E-state index contributed by atoms with van der Waals surface area (Å²) in [6, 6.07) is 11.4. The summed E-state index contributed by atoms with van der Waals surface area (Å²) in [5.41, 5.74) is 7.08. The van der Waals surface area contributed by atoms with Crippen LogP contribution in [-0.4, -0.2) is 17.4 Å². The third-order valence-corrected chi connectivity index (χ3v) is 5.09. The molecule has 5 nitrogen and oxygen atoms in total. The van der Waals surface area contributed by atoms with Gasteiger partial charge in [0.25, 0.3) is 10.0 Å². The van der Waals surface area contributed by atoms with Crippen LogP contribution < -0.4 is 5.73 Å². The van der Waals surface area contributed by atoms with E-state index in [4.69, 9.17) is 5.73 Å². The molecule has 0 unspecified atom stereocenters. The highest BCUT2D eigenvalue weighted by molar-refractivity contribution is 7.90. The Morgan fingerprint density at radius 3 is 2.50 bits per heavy atom. The van der Waals surface area contributed by atoms with Gasteiger partial charge in [-0.25, -0.2) is 12.4 Å². The van der Waals surface area contributed by atoms with Gasteiger partial charge in [0.05, 0.1) is 16.1 Å². The molecule has 0 fully saturated rings. The zero-order valence-electron chi connectivity index (χ0n) is 11.9. The maximum absolute atomic E-state index is 12.9. The summed E-state index contributed by atoms with van der Waals surface area (Å²) < 4.78 is 27.2. The minimum absolute atomic E-state index is 0. The van der Waals surface area contributed by atoms with Crippen molar-refractivity contribution in [1.82, 2.24) is 8.96 Å². The molecule has 116 valence electrons. The fraction of sp³-hybridized carbons (Fsp3) is 0.133. The number of halogens is 1. The number of fused-ring (bicyclic) bond motifs is 1. The van der Waals surface area contributed by atoms with Gasteiger partial charge in [0.15, 0.2) is 0 Å². The highest BCUT2D eigenvalue weighted by Gasteiger charge is 2.24. The number of rotatable bonds is 3. The molecule has 1 atom stereocenters. The fourth-order valence-electron chi connectivity index (χ4n) is 2.34. The van der Waals surface area contributed by atoms with Gasteiger partial charge in [0, 0.05) is 23.8 Å². The molecule has 0 amide bonds. The Hall–Kier alpha value is -1.89. The molecule has 2 heterocycles. The number of nitrogens with zero attached hydrogens (tertiary/aromatic N) is 2. The molecule has 0 saturated heterocycles. The highest BCUT2D eigenvalue weighted by atomic mass is 35.5. The SMILES string of the molecule is C[C@@H](N)c1cc2cnccc2n1S(=O)(=O)c1ccccc1.Cl. The molecule has 0 spiro atoms. The Morgan fingerprint density at radius 2 is 1.86 bits per heavy atom. The van der Waals surface area contributed by atoms with Crippen molar-refractivity contribution in [3.63, 3.8) is 0 Å². The van der Waals surface area contributed by atoms with Crippen LogP contribution in [0.15, 0.2) is 59.8 Å². The van der Waals surface area contributed by atoms with Crippen LogP contribution in [0.2, 0.25) is 0 Å². The monoisotopic (exact) mass is 337 g/mol. The maximum Gasteiger partial charge on any atom is 0.268 e. The molecule has 0 aliphatic carbocycles. The number of benzene rings is 1. The van der Waals surface area contributed by atoms with E-state index in [1.165, 1.54) is 3.97 Å². The lowest BCUT2D eigenvalue weighted by Crippen LogP contribution is -2.19. The zero-order valence-corrected chi connectivity index (χ0v) is 13.5. The predicted octanol–water partition coefficient (Wildman–Crippen LogP) is 2.71. The third kappa shape index (κ3) is 2.61. The molecular formula is C15H16ClN3O2S. The van der Waals surface area contributed by atoms with Crippen LogP contribution in [0, 0.1) is 0 Å². The Morgan fingerprint density at radius 1 is 1.18 bits per heavy atom. The van der Waals surface area contributed by atoms with Crippen LogP contribution in [-0.2, 0) is 10.0 Å². The van der Waals surface area contributed by atoms with E-state index in [1.54, 1.807) is 61.8 Å². The van der Waals surface area contributed by atoms with Crippen molar-refractivity contribution in [3.8, 4) is 0 Å². The average Bonchev–Trinajstić information content (AvgIpc) is 2.88. The normalized spacial score (nSPS) is 12.8. The van der Waals surface area contributed by atoms with Crippen LogP contribution >= 0.6 is 12.4 Å². The zero-order chi connectivity index (χ0) is 15.0. The van der Waals surface area contributed by atoms with E-state index in [2.05, 4.69) is 4.98 Å². The van der Waals surface area contributed by atoms with E-state index in [1.807, 2.05) is 0 Å². The molecule has 0 saturated carbocycles. The summed E-state index contributed by atoms with van der Waals surface area (Å²) in [7, 11) is -3.69. The van der Waals surface area contributed by atoms with Crippen molar-refractivity contribution in [1.29, 1.82) is 0 Å². The van der Waals surface area contributed by atoms with E-state index in [-0.39, 0.29) is 17.3 Å². The van der Waals surface area contributed by atoms with Gasteiger partial charge < -0.3 is 5.73 Å². The van der Waals surface area contributed by atoms with Gasteiger partial charge in [-0.3, -0.25) is 4.98 Å². The van der Waals surface area contributed by atoms with E-state index in [0.717, 1.165) is 5.39 Å². The van der Waals surface area contributed by atoms with Crippen LogP contribution in [0.5, 0.6) is 0 Å². The summed E-state index contributed by atoms with van der Waals surface area (Å²) in [6.45, 7) is 1.76. The smallest absolute Gasteiger partial charge is 0.268 e. The molecule has 0 aliphatic heterocycles. The molecule has 0 radical (unpaired) electrons. The van der Waals surface area contributed by atoms with Crippen molar-refractivity contribution in [2.24, 2.45) is 5.73 Å². The maximum atomic E-state index is 12.9. The van der Waals surface area contributed by atoms with E-state index in [9.17, 15) is 8.42 Å². The summed E-state index contributed by atoms with van der Waals surface area (Å²) in [6.07, 6.45) is 3.21. The topological polar surface area (TPSA) is 78.0 Å². The van der Waals surface area contributed by atoms with Gasteiger partial charge in [-0.2, -0.15) is 0 Å². The molecule has 0 bridgehead atoms. The second-order valence-corrected chi connectivity index (χ2v) is 6.66. The lowest BCUT2D eigenvalue weighted by molar-refractivity contribution is 0.584. The number of pyridine rings is 1. The molecule has 3 rings (SSSR count). The molecule has 2 N–H and O–H groups in total. The lowest BCUT2D eigenvalue weighted by Gasteiger charge is -2.13. The molecule has 22 heavy (non-hydrogen) atoms. The minimum Gasteiger partial charge on any atom is -0.323 e. The highest BCUT2D eigenvalue weighted by Crippen LogP contribution is 2.27. The van der Waals surface area contributed by atoms with Crippen molar-refractivity contribution < 1.29 is 8.42 Å². The molecule has 7 heteroatoms. The average molecular weight is 338 g/mol. The first-order valence-electron chi connectivity index (χ1n) is 6.53. The molecular weight excluding hydrogens is 322 g/mol. The second kappa shape index (κ2) is 6.08. The standard InChI is InChI=1S/C15H15N3O2S.ClH/c1-11(16)15-9-12-10-17-8-7-14(12)18(15)21(19,20)13-5-3-2-4-6-13;/h2-11H,16H2,1H3;1H/t11-;/m1./s1. The van der Waals surface area contributed by atoms with E-state index < -0.39 is 16.1 Å². The lowest BCUT2D eigenvalue weighted by atomic mass is 10.2. The van der Waals surface area contributed by atoms with Gasteiger partial charge in [-0.1, -0.05) is 18.2 Å². The van der Waals surface area contributed by atoms with Gasteiger partial charge in [0.2, 0.25) is 0 Å². The second-order valence-electron chi connectivity index (χ2n) is 4.87. The summed E-state index contributed by atoms with van der Waals surface area (Å²) in [4.78, 5) is 4.27.